The second-order valence-corrected chi connectivity index (χ2v) is 7.35. The fraction of sp³-hybridized carbons (Fsp3) is 0.364. The van der Waals surface area contributed by atoms with E-state index in [1.165, 1.54) is 11.6 Å². The van der Waals surface area contributed by atoms with Crippen LogP contribution in [0.5, 0.6) is 5.88 Å². The van der Waals surface area contributed by atoms with Crippen LogP contribution in [0.15, 0.2) is 42.6 Å². The molecule has 31 heavy (non-hydrogen) atoms. The number of rotatable bonds is 5. The van der Waals surface area contributed by atoms with Gasteiger partial charge in [-0.05, 0) is 54.8 Å². The molecule has 9 heteroatoms. The van der Waals surface area contributed by atoms with Gasteiger partial charge in [-0.1, -0.05) is 6.07 Å². The number of pyridine rings is 1. The van der Waals surface area contributed by atoms with Crippen LogP contribution in [0, 0.1) is 5.82 Å². The molecule has 4 heterocycles. The van der Waals surface area contributed by atoms with E-state index in [0.29, 0.717) is 5.92 Å². The standard InChI is InChI=1S/C21H22FN5O.CH3O.Na/c1-28-21-4-2-3-19-24-25-20(27(19)21)8-10-26-9-7-14(13-26)17-12-23-18-11-15(22)5-6-16(17)18;1-2;/h2-6,11-12,14,23H,7-10,13H2,1H3;1H3;/q;-1;+1. The summed E-state index contributed by atoms with van der Waals surface area (Å²) < 4.78 is 20.9. The van der Waals surface area contributed by atoms with E-state index in [0.717, 1.165) is 67.8 Å². The van der Waals surface area contributed by atoms with Gasteiger partial charge < -0.3 is 19.7 Å². The van der Waals surface area contributed by atoms with E-state index in [1.54, 1.807) is 13.2 Å². The number of aromatic amines is 1. The number of halogens is 1. The van der Waals surface area contributed by atoms with Crippen molar-refractivity contribution in [1.82, 2.24) is 24.5 Å². The van der Waals surface area contributed by atoms with E-state index in [-0.39, 0.29) is 35.4 Å². The van der Waals surface area contributed by atoms with Crippen molar-refractivity contribution in [3.8, 4) is 5.88 Å². The molecule has 0 spiro atoms. The van der Waals surface area contributed by atoms with Crippen LogP contribution >= 0.6 is 0 Å². The number of nitrogens with one attached hydrogen (secondary N) is 1. The van der Waals surface area contributed by atoms with Crippen LogP contribution in [-0.4, -0.2) is 58.3 Å². The Hall–Kier alpha value is -1.97. The number of likely N-dealkylation sites (tertiary alicyclic amines) is 1. The number of aromatic nitrogens is 4. The molecule has 7 nitrogen and oxygen atoms in total. The fourth-order valence-corrected chi connectivity index (χ4v) is 4.30. The third kappa shape index (κ3) is 4.78. The second kappa shape index (κ2) is 10.6. The summed E-state index contributed by atoms with van der Waals surface area (Å²) in [4.78, 5) is 5.68. The Labute approximate surface area is 202 Å². The first-order valence-corrected chi connectivity index (χ1v) is 9.99. The van der Waals surface area contributed by atoms with Crippen molar-refractivity contribution in [3.63, 3.8) is 0 Å². The van der Waals surface area contributed by atoms with Gasteiger partial charge in [0, 0.05) is 36.6 Å². The number of fused-ring (bicyclic) bond motifs is 2. The smallest absolute Gasteiger partial charge is 0.857 e. The summed E-state index contributed by atoms with van der Waals surface area (Å²) in [5.74, 6) is 1.93. The molecule has 0 bridgehead atoms. The van der Waals surface area contributed by atoms with Gasteiger partial charge in [0.05, 0.1) is 7.11 Å². The Kier molecular flexibility index (Phi) is 8.07. The van der Waals surface area contributed by atoms with Gasteiger partial charge in [0.1, 0.15) is 11.6 Å². The molecular formula is C22H25FN5NaO2. The van der Waals surface area contributed by atoms with E-state index in [9.17, 15) is 4.39 Å². The first-order chi connectivity index (χ1) is 14.7. The Morgan fingerprint density at radius 2 is 2.06 bits per heavy atom. The van der Waals surface area contributed by atoms with Crippen molar-refractivity contribution in [2.24, 2.45) is 0 Å². The van der Waals surface area contributed by atoms with Crippen LogP contribution in [0.2, 0.25) is 0 Å². The normalized spacial score (nSPS) is 16.2. The maximum absolute atomic E-state index is 13.4. The van der Waals surface area contributed by atoms with Gasteiger partial charge in [0.25, 0.3) is 0 Å². The van der Waals surface area contributed by atoms with Crippen LogP contribution < -0.4 is 39.4 Å². The largest absolute Gasteiger partial charge is 1.00 e. The maximum Gasteiger partial charge on any atom is 1.00 e. The van der Waals surface area contributed by atoms with Gasteiger partial charge in [0.2, 0.25) is 5.88 Å². The van der Waals surface area contributed by atoms with Gasteiger partial charge in [-0.25, -0.2) is 8.79 Å². The van der Waals surface area contributed by atoms with E-state index < -0.39 is 0 Å². The van der Waals surface area contributed by atoms with Crippen molar-refractivity contribution in [2.45, 2.75) is 18.8 Å². The minimum absolute atomic E-state index is 0. The van der Waals surface area contributed by atoms with Crippen LogP contribution in [-0.2, 0) is 6.42 Å². The Balaban J connectivity index is 0.000000883. The molecule has 1 saturated heterocycles. The minimum Gasteiger partial charge on any atom is -0.857 e. The van der Waals surface area contributed by atoms with Gasteiger partial charge in [-0.2, -0.15) is 7.11 Å². The summed E-state index contributed by atoms with van der Waals surface area (Å²) >= 11 is 0. The van der Waals surface area contributed by atoms with E-state index in [1.807, 2.05) is 34.9 Å². The van der Waals surface area contributed by atoms with Crippen molar-refractivity contribution < 1.29 is 43.8 Å². The first kappa shape index (κ1) is 23.7. The van der Waals surface area contributed by atoms with Crippen LogP contribution in [0.3, 0.4) is 0 Å². The summed E-state index contributed by atoms with van der Waals surface area (Å²) in [5, 5.41) is 18.0. The van der Waals surface area contributed by atoms with E-state index in [4.69, 9.17) is 9.84 Å². The molecule has 1 atom stereocenters. The molecule has 1 aliphatic rings. The Bertz CT molecular complexity index is 1150. The number of hydrogen-bond donors (Lipinski definition) is 1. The zero-order chi connectivity index (χ0) is 21.1. The third-order valence-corrected chi connectivity index (χ3v) is 5.71. The summed E-state index contributed by atoms with van der Waals surface area (Å²) in [7, 11) is 2.41. The second-order valence-electron chi connectivity index (χ2n) is 7.35. The van der Waals surface area contributed by atoms with Crippen molar-refractivity contribution in [1.29, 1.82) is 0 Å². The van der Waals surface area contributed by atoms with Crippen molar-refractivity contribution in [2.75, 3.05) is 33.9 Å². The molecule has 0 aliphatic carbocycles. The molecule has 1 fully saturated rings. The van der Waals surface area contributed by atoms with Crippen LogP contribution in [0.1, 0.15) is 23.7 Å². The molecule has 4 aromatic rings. The number of nitrogens with zero attached hydrogens (tertiary/aromatic N) is 4. The van der Waals surface area contributed by atoms with Gasteiger partial charge in [0.15, 0.2) is 5.65 Å². The average Bonchev–Trinajstić information content (AvgIpc) is 3.51. The molecule has 0 radical (unpaired) electrons. The summed E-state index contributed by atoms with van der Waals surface area (Å²) in [6, 6.07) is 10.8. The monoisotopic (exact) mass is 433 g/mol. The fourth-order valence-electron chi connectivity index (χ4n) is 4.30. The summed E-state index contributed by atoms with van der Waals surface area (Å²) in [6.45, 7) is 2.97. The van der Waals surface area contributed by atoms with Gasteiger partial charge >= 0.3 is 29.6 Å². The molecule has 5 rings (SSSR count). The zero-order valence-corrected chi connectivity index (χ0v) is 20.1. The molecule has 158 valence electrons. The van der Waals surface area contributed by atoms with Crippen LogP contribution in [0.4, 0.5) is 4.39 Å². The van der Waals surface area contributed by atoms with Crippen molar-refractivity contribution in [3.05, 3.63) is 59.8 Å². The quantitative estimate of drug-likeness (QED) is 0.424. The Morgan fingerprint density at radius 1 is 1.23 bits per heavy atom. The SMILES string of the molecule is COc1cccc2nnc(CCN3CCC(c4c[nH]c5cc(F)ccc45)C3)n12.C[O-].[Na+]. The number of methoxy groups -OCH3 is 1. The molecule has 3 aromatic heterocycles. The summed E-state index contributed by atoms with van der Waals surface area (Å²) in [6.07, 6.45) is 3.96. The zero-order valence-electron chi connectivity index (χ0n) is 18.1. The number of ether oxygens (including phenoxy) is 1. The Morgan fingerprint density at radius 3 is 2.87 bits per heavy atom. The molecule has 1 aliphatic heterocycles. The molecule has 0 amide bonds. The van der Waals surface area contributed by atoms with E-state index >= 15 is 0 Å². The minimum atomic E-state index is -0.204. The number of benzene rings is 1. The maximum atomic E-state index is 13.4. The average molecular weight is 433 g/mol. The first-order valence-electron chi connectivity index (χ1n) is 9.99. The van der Waals surface area contributed by atoms with Crippen LogP contribution in [0.25, 0.3) is 16.6 Å². The topological polar surface area (TPSA) is 81.5 Å². The molecular weight excluding hydrogens is 408 g/mol. The summed E-state index contributed by atoms with van der Waals surface area (Å²) in [5.41, 5.74) is 2.96. The van der Waals surface area contributed by atoms with Gasteiger partial charge in [-0.15, -0.1) is 10.2 Å². The predicted octanol–water partition coefficient (Wildman–Crippen LogP) is -0.629. The van der Waals surface area contributed by atoms with E-state index in [2.05, 4.69) is 20.1 Å². The third-order valence-electron chi connectivity index (χ3n) is 5.71. The van der Waals surface area contributed by atoms with Gasteiger partial charge in [-0.3, -0.25) is 0 Å². The number of hydrogen-bond acceptors (Lipinski definition) is 5. The molecule has 1 N–H and O–H groups in total. The van der Waals surface area contributed by atoms with Crippen molar-refractivity contribution >= 4 is 16.6 Å². The number of H-pyrrole nitrogens is 1. The molecule has 1 aromatic carbocycles. The molecule has 0 saturated carbocycles. The molecule has 1 unspecified atom stereocenters. The predicted molar refractivity (Wildman–Crippen MR) is 111 cm³/mol.